The van der Waals surface area contributed by atoms with Crippen LogP contribution in [0.15, 0.2) is 0 Å². The molecule has 0 bridgehead atoms. The number of alkyl halides is 2. The molecule has 124 valence electrons. The fraction of sp³-hybridized carbons (Fsp3) is 0.933. The Labute approximate surface area is 125 Å². The van der Waals surface area contributed by atoms with Gasteiger partial charge >= 0.3 is 0 Å². The molecule has 0 heterocycles. The topological polar surface area (TPSA) is 58.6 Å². The first-order valence-electron chi connectivity index (χ1n) is 7.50. The quantitative estimate of drug-likeness (QED) is 0.792. The van der Waals surface area contributed by atoms with E-state index in [2.05, 4.69) is 5.32 Å². The van der Waals surface area contributed by atoms with Crippen LogP contribution in [0.4, 0.5) is 8.78 Å². The molecule has 1 aliphatic carbocycles. The summed E-state index contributed by atoms with van der Waals surface area (Å²) in [5.41, 5.74) is -1.12. The van der Waals surface area contributed by atoms with Crippen molar-refractivity contribution in [3.63, 3.8) is 0 Å². The molecule has 0 aliphatic heterocycles. The maximum atomic E-state index is 13.1. The van der Waals surface area contributed by atoms with E-state index in [4.69, 9.17) is 4.74 Å². The normalized spacial score (nSPS) is 22.6. The maximum absolute atomic E-state index is 13.1. The second-order valence-electron chi connectivity index (χ2n) is 6.67. The highest BCUT2D eigenvalue weighted by atomic mass is 19.3. The second kappa shape index (κ2) is 7.01. The molecular formula is C15H27F2NO3. The molecule has 1 aliphatic rings. The average molecular weight is 307 g/mol. The van der Waals surface area contributed by atoms with E-state index in [1.807, 2.05) is 0 Å². The Kier molecular flexibility index (Phi) is 6.11. The summed E-state index contributed by atoms with van der Waals surface area (Å²) in [4.78, 5) is 11.2. The maximum Gasteiger partial charge on any atom is 0.248 e. The van der Waals surface area contributed by atoms with E-state index < -0.39 is 23.7 Å². The number of hydrogen-bond donors (Lipinski definition) is 2. The Morgan fingerprint density at radius 3 is 2.38 bits per heavy atom. The number of halogens is 2. The molecule has 1 saturated carbocycles. The monoisotopic (exact) mass is 307 g/mol. The number of rotatable bonds is 6. The summed E-state index contributed by atoms with van der Waals surface area (Å²) in [6, 6.07) is -0.542. The minimum atomic E-state index is -2.53. The Hall–Kier alpha value is -0.750. The molecule has 1 rings (SSSR count). The molecule has 0 aromatic carbocycles. The summed E-state index contributed by atoms with van der Waals surface area (Å²) in [5.74, 6) is -2.66. The third-order valence-electron chi connectivity index (χ3n) is 4.02. The summed E-state index contributed by atoms with van der Waals surface area (Å²) in [7, 11) is 0. The first-order valence-corrected chi connectivity index (χ1v) is 7.50. The summed E-state index contributed by atoms with van der Waals surface area (Å²) >= 11 is 0. The Balaban J connectivity index is 2.47. The number of carbonyl (C=O) groups is 1. The van der Waals surface area contributed by atoms with Gasteiger partial charge in [-0.2, -0.15) is 0 Å². The van der Waals surface area contributed by atoms with Gasteiger partial charge in [-0.05, 0) is 39.5 Å². The number of nitrogens with one attached hydrogen (secondary N) is 1. The lowest BCUT2D eigenvalue weighted by Gasteiger charge is -2.35. The van der Waals surface area contributed by atoms with Gasteiger partial charge in [0.15, 0.2) is 0 Å². The van der Waals surface area contributed by atoms with E-state index in [0.717, 1.165) is 0 Å². The van der Waals surface area contributed by atoms with Crippen LogP contribution in [0.1, 0.15) is 53.4 Å². The lowest BCUT2D eigenvalue weighted by Crippen LogP contribution is -2.55. The van der Waals surface area contributed by atoms with E-state index in [0.29, 0.717) is 19.4 Å². The highest BCUT2D eigenvalue weighted by molar-refractivity contribution is 5.73. The van der Waals surface area contributed by atoms with Gasteiger partial charge < -0.3 is 15.2 Å². The molecule has 2 unspecified atom stereocenters. The number of aliphatic hydroxyl groups is 1. The number of ether oxygens (including phenoxy) is 1. The summed E-state index contributed by atoms with van der Waals surface area (Å²) in [6.45, 7) is 6.75. The largest absolute Gasteiger partial charge is 0.388 e. The molecule has 2 atom stereocenters. The van der Waals surface area contributed by atoms with E-state index in [1.165, 1.54) is 6.92 Å². The van der Waals surface area contributed by atoms with E-state index in [9.17, 15) is 18.7 Å². The summed E-state index contributed by atoms with van der Waals surface area (Å²) in [5, 5.41) is 12.8. The van der Waals surface area contributed by atoms with Crippen molar-refractivity contribution in [2.75, 3.05) is 6.61 Å². The van der Waals surface area contributed by atoms with Crippen LogP contribution in [0.25, 0.3) is 0 Å². The molecule has 6 heteroatoms. The van der Waals surface area contributed by atoms with Gasteiger partial charge in [-0.3, -0.25) is 4.79 Å². The van der Waals surface area contributed by atoms with Crippen LogP contribution >= 0.6 is 0 Å². The minimum Gasteiger partial charge on any atom is -0.388 e. The predicted octanol–water partition coefficient (Wildman–Crippen LogP) is 2.49. The zero-order valence-corrected chi connectivity index (χ0v) is 13.3. The Morgan fingerprint density at radius 1 is 1.43 bits per heavy atom. The molecule has 2 N–H and O–H groups in total. The molecular weight excluding hydrogens is 280 g/mol. The highest BCUT2D eigenvalue weighted by Gasteiger charge is 2.36. The molecule has 0 spiro atoms. The molecule has 0 aromatic rings. The number of amides is 1. The van der Waals surface area contributed by atoms with Crippen LogP contribution in [0.5, 0.6) is 0 Å². The average Bonchev–Trinajstić information content (AvgIpc) is 2.32. The standard InChI is InChI=1S/C15H27F2NO3/c1-10(13(14(3,4)20)18-11(2)19)21-9-12-5-7-15(16,17)8-6-12/h10,12-13,20H,5-9H2,1-4H3,(H,18,19). The van der Waals surface area contributed by atoms with Gasteiger partial charge in [0, 0.05) is 26.4 Å². The van der Waals surface area contributed by atoms with Crippen LogP contribution in [-0.4, -0.2) is 41.3 Å². The van der Waals surface area contributed by atoms with E-state index >= 15 is 0 Å². The molecule has 1 fully saturated rings. The summed E-state index contributed by atoms with van der Waals surface area (Å²) in [6.07, 6.45) is 0.336. The van der Waals surface area contributed by atoms with Crippen molar-refractivity contribution in [2.24, 2.45) is 5.92 Å². The Bertz CT molecular complexity index is 345. The lowest BCUT2D eigenvalue weighted by molar-refractivity contribution is -0.125. The van der Waals surface area contributed by atoms with Gasteiger partial charge in [-0.15, -0.1) is 0 Å². The zero-order chi connectivity index (χ0) is 16.3. The fourth-order valence-electron chi connectivity index (χ4n) is 2.74. The number of carbonyl (C=O) groups excluding carboxylic acids is 1. The van der Waals surface area contributed by atoms with Crippen LogP contribution in [-0.2, 0) is 9.53 Å². The third kappa shape index (κ3) is 6.26. The van der Waals surface area contributed by atoms with Gasteiger partial charge in [-0.1, -0.05) is 0 Å². The molecule has 0 saturated heterocycles. The number of hydrogen-bond acceptors (Lipinski definition) is 3. The Morgan fingerprint density at radius 2 is 1.95 bits per heavy atom. The van der Waals surface area contributed by atoms with Crippen molar-refractivity contribution in [1.82, 2.24) is 5.32 Å². The first kappa shape index (κ1) is 18.3. The van der Waals surface area contributed by atoms with Crippen LogP contribution in [0.2, 0.25) is 0 Å². The smallest absolute Gasteiger partial charge is 0.248 e. The van der Waals surface area contributed by atoms with Crippen LogP contribution in [0, 0.1) is 5.92 Å². The van der Waals surface area contributed by atoms with Gasteiger partial charge in [0.05, 0.1) is 17.7 Å². The highest BCUT2D eigenvalue weighted by Crippen LogP contribution is 2.36. The van der Waals surface area contributed by atoms with Gasteiger partial charge in [-0.25, -0.2) is 8.78 Å². The molecule has 21 heavy (non-hydrogen) atoms. The minimum absolute atomic E-state index is 0.0873. The predicted molar refractivity (Wildman–Crippen MR) is 76.2 cm³/mol. The van der Waals surface area contributed by atoms with Gasteiger partial charge in [0.2, 0.25) is 11.8 Å². The molecule has 1 amide bonds. The second-order valence-corrected chi connectivity index (χ2v) is 6.67. The van der Waals surface area contributed by atoms with Crippen molar-refractivity contribution in [2.45, 2.75) is 77.0 Å². The van der Waals surface area contributed by atoms with E-state index in [1.54, 1.807) is 20.8 Å². The van der Waals surface area contributed by atoms with Crippen molar-refractivity contribution in [1.29, 1.82) is 0 Å². The van der Waals surface area contributed by atoms with Crippen molar-refractivity contribution >= 4 is 5.91 Å². The van der Waals surface area contributed by atoms with Crippen molar-refractivity contribution in [3.05, 3.63) is 0 Å². The summed E-state index contributed by atoms with van der Waals surface area (Å²) < 4.78 is 31.9. The first-order chi connectivity index (χ1) is 9.51. The molecule has 0 radical (unpaired) electrons. The molecule has 4 nitrogen and oxygen atoms in total. The fourth-order valence-corrected chi connectivity index (χ4v) is 2.74. The lowest BCUT2D eigenvalue weighted by atomic mass is 9.87. The SMILES string of the molecule is CC(=O)NC(C(C)OCC1CCC(F)(F)CC1)C(C)(C)O. The van der Waals surface area contributed by atoms with Gasteiger partial charge in [0.25, 0.3) is 0 Å². The van der Waals surface area contributed by atoms with Crippen molar-refractivity contribution in [3.8, 4) is 0 Å². The molecule has 0 aromatic heterocycles. The van der Waals surface area contributed by atoms with Crippen molar-refractivity contribution < 1.29 is 23.4 Å². The van der Waals surface area contributed by atoms with Crippen LogP contribution in [0.3, 0.4) is 0 Å². The van der Waals surface area contributed by atoms with Crippen LogP contribution < -0.4 is 5.32 Å². The van der Waals surface area contributed by atoms with Gasteiger partial charge in [0.1, 0.15) is 0 Å². The third-order valence-corrected chi connectivity index (χ3v) is 4.02. The van der Waals surface area contributed by atoms with E-state index in [-0.39, 0.29) is 24.7 Å². The zero-order valence-electron chi connectivity index (χ0n) is 13.3.